The largest absolute Gasteiger partial charge is 0.353 e. The topological polar surface area (TPSA) is 91.6 Å². The average molecular weight is 365 g/mol. The van der Waals surface area contributed by atoms with Crippen molar-refractivity contribution in [1.82, 2.24) is 25.3 Å². The molecule has 1 aromatic heterocycles. The number of aromatic nitrogens is 2. The second-order valence-corrected chi connectivity index (χ2v) is 7.45. The molecule has 1 atom stereocenters. The van der Waals surface area contributed by atoms with Gasteiger partial charge in [-0.1, -0.05) is 19.0 Å². The van der Waals surface area contributed by atoms with Crippen molar-refractivity contribution in [1.29, 1.82) is 0 Å². The molecule has 0 radical (unpaired) electrons. The Bertz CT molecular complexity index is 614. The fourth-order valence-corrected chi connectivity index (χ4v) is 3.19. The number of amides is 2. The zero-order valence-corrected chi connectivity index (χ0v) is 16.5. The highest BCUT2D eigenvalue weighted by Crippen LogP contribution is 2.15. The van der Waals surface area contributed by atoms with Gasteiger partial charge in [0.05, 0.1) is 19.0 Å². The highest BCUT2D eigenvalue weighted by atomic mass is 16.5. The van der Waals surface area contributed by atoms with Gasteiger partial charge in [-0.3, -0.25) is 14.5 Å². The van der Waals surface area contributed by atoms with E-state index in [0.717, 1.165) is 13.0 Å². The molecule has 1 aliphatic heterocycles. The van der Waals surface area contributed by atoms with Crippen LogP contribution in [0.2, 0.25) is 0 Å². The third kappa shape index (κ3) is 5.27. The first-order valence-electron chi connectivity index (χ1n) is 9.44. The monoisotopic (exact) mass is 365 g/mol. The van der Waals surface area contributed by atoms with Gasteiger partial charge in [-0.25, -0.2) is 0 Å². The summed E-state index contributed by atoms with van der Waals surface area (Å²) < 4.78 is 5.24. The summed E-state index contributed by atoms with van der Waals surface area (Å²) in [5, 5.41) is 6.83. The van der Waals surface area contributed by atoms with E-state index in [4.69, 9.17) is 4.52 Å². The summed E-state index contributed by atoms with van der Waals surface area (Å²) in [7, 11) is 0. The Labute approximate surface area is 155 Å². The van der Waals surface area contributed by atoms with Crippen LogP contribution >= 0.6 is 0 Å². The SMILES string of the molecule is CCN(Cc1noc(CC(C)C)n1)C(=O)CC1C(=O)NCCN1C(C)C. The number of nitrogens with zero attached hydrogens (tertiary/aromatic N) is 4. The van der Waals surface area contributed by atoms with Crippen LogP contribution in [-0.2, 0) is 22.6 Å². The first kappa shape index (κ1) is 20.4. The molecule has 0 spiro atoms. The predicted octanol–water partition coefficient (Wildman–Crippen LogP) is 1.22. The molecule has 8 nitrogen and oxygen atoms in total. The van der Waals surface area contributed by atoms with Crippen LogP contribution in [0, 0.1) is 5.92 Å². The summed E-state index contributed by atoms with van der Waals surface area (Å²) in [4.78, 5) is 33.2. The van der Waals surface area contributed by atoms with Gasteiger partial charge >= 0.3 is 0 Å². The van der Waals surface area contributed by atoms with Gasteiger partial charge in [0.1, 0.15) is 0 Å². The van der Waals surface area contributed by atoms with Crippen LogP contribution in [0.1, 0.15) is 52.8 Å². The third-order valence-electron chi connectivity index (χ3n) is 4.56. The maximum atomic E-state index is 12.8. The number of carbonyl (C=O) groups excluding carboxylic acids is 2. The van der Waals surface area contributed by atoms with Gasteiger partial charge in [0.15, 0.2) is 5.82 Å². The van der Waals surface area contributed by atoms with E-state index in [1.165, 1.54) is 0 Å². The van der Waals surface area contributed by atoms with Crippen molar-refractivity contribution in [2.24, 2.45) is 5.92 Å². The summed E-state index contributed by atoms with van der Waals surface area (Å²) in [5.41, 5.74) is 0. The number of piperazine rings is 1. The Hall–Kier alpha value is -1.96. The van der Waals surface area contributed by atoms with Crippen LogP contribution in [0.3, 0.4) is 0 Å². The summed E-state index contributed by atoms with van der Waals surface area (Å²) in [6.45, 7) is 12.4. The zero-order chi connectivity index (χ0) is 19.3. The maximum absolute atomic E-state index is 12.8. The molecule has 0 saturated carbocycles. The predicted molar refractivity (Wildman–Crippen MR) is 97.2 cm³/mol. The van der Waals surface area contributed by atoms with E-state index in [9.17, 15) is 9.59 Å². The van der Waals surface area contributed by atoms with Crippen molar-refractivity contribution in [3.8, 4) is 0 Å². The van der Waals surface area contributed by atoms with Gasteiger partial charge in [-0.15, -0.1) is 0 Å². The third-order valence-corrected chi connectivity index (χ3v) is 4.56. The van der Waals surface area contributed by atoms with Crippen molar-refractivity contribution in [3.05, 3.63) is 11.7 Å². The quantitative estimate of drug-likeness (QED) is 0.745. The molecular weight excluding hydrogens is 334 g/mol. The van der Waals surface area contributed by atoms with E-state index in [2.05, 4.69) is 34.2 Å². The molecule has 1 aliphatic rings. The fourth-order valence-electron chi connectivity index (χ4n) is 3.19. The molecule has 1 fully saturated rings. The minimum absolute atomic E-state index is 0.0737. The molecule has 0 bridgehead atoms. The highest BCUT2D eigenvalue weighted by Gasteiger charge is 2.34. The lowest BCUT2D eigenvalue weighted by atomic mass is 10.1. The van der Waals surface area contributed by atoms with E-state index >= 15 is 0 Å². The first-order chi connectivity index (χ1) is 12.3. The van der Waals surface area contributed by atoms with Gasteiger partial charge < -0.3 is 14.7 Å². The van der Waals surface area contributed by atoms with Crippen molar-refractivity contribution in [2.75, 3.05) is 19.6 Å². The summed E-state index contributed by atoms with van der Waals surface area (Å²) in [6.07, 6.45) is 0.882. The Morgan fingerprint density at radius 1 is 1.38 bits per heavy atom. The first-order valence-corrected chi connectivity index (χ1v) is 9.44. The lowest BCUT2D eigenvalue weighted by Gasteiger charge is -2.38. The standard InChI is InChI=1S/C18H31N5O3/c1-6-22(11-15-20-16(26-21-15)9-12(2)3)17(24)10-14-18(25)19-7-8-23(14)13(4)5/h12-14H,6-11H2,1-5H3,(H,19,25). The molecule has 26 heavy (non-hydrogen) atoms. The van der Waals surface area contributed by atoms with E-state index in [1.807, 2.05) is 20.8 Å². The van der Waals surface area contributed by atoms with Gasteiger partial charge in [0.2, 0.25) is 17.7 Å². The van der Waals surface area contributed by atoms with Crippen LogP contribution in [-0.4, -0.2) is 63.5 Å². The second kappa shape index (κ2) is 9.12. The van der Waals surface area contributed by atoms with Crippen molar-refractivity contribution < 1.29 is 14.1 Å². The van der Waals surface area contributed by atoms with Gasteiger partial charge in [0.25, 0.3) is 0 Å². The number of rotatable bonds is 8. The molecule has 0 aliphatic carbocycles. The number of hydrogen-bond acceptors (Lipinski definition) is 6. The summed E-state index contributed by atoms with van der Waals surface area (Å²) in [6, 6.07) is -0.211. The van der Waals surface area contributed by atoms with Crippen molar-refractivity contribution in [2.45, 2.75) is 66.1 Å². The van der Waals surface area contributed by atoms with Crippen LogP contribution < -0.4 is 5.32 Å². The normalized spacial score (nSPS) is 18.4. The van der Waals surface area contributed by atoms with Crippen LogP contribution in [0.5, 0.6) is 0 Å². The van der Waals surface area contributed by atoms with Crippen molar-refractivity contribution in [3.63, 3.8) is 0 Å². The van der Waals surface area contributed by atoms with Crippen LogP contribution in [0.4, 0.5) is 0 Å². The summed E-state index contributed by atoms with van der Waals surface area (Å²) >= 11 is 0. The lowest BCUT2D eigenvalue weighted by Crippen LogP contribution is -2.58. The van der Waals surface area contributed by atoms with Gasteiger partial charge in [0, 0.05) is 32.1 Å². The molecule has 2 heterocycles. The number of carbonyl (C=O) groups is 2. The fraction of sp³-hybridized carbons (Fsp3) is 0.778. The minimum atomic E-state index is -0.424. The molecule has 1 aromatic rings. The molecule has 2 amide bonds. The van der Waals surface area contributed by atoms with Crippen LogP contribution in [0.25, 0.3) is 0 Å². The molecule has 1 saturated heterocycles. The zero-order valence-electron chi connectivity index (χ0n) is 16.5. The Morgan fingerprint density at radius 2 is 2.12 bits per heavy atom. The molecule has 1 unspecified atom stereocenters. The second-order valence-electron chi connectivity index (χ2n) is 7.45. The van der Waals surface area contributed by atoms with Gasteiger partial charge in [-0.05, 0) is 26.7 Å². The summed E-state index contributed by atoms with van der Waals surface area (Å²) in [5.74, 6) is 1.38. The minimum Gasteiger partial charge on any atom is -0.353 e. The van der Waals surface area contributed by atoms with E-state index in [0.29, 0.717) is 37.3 Å². The molecule has 0 aromatic carbocycles. The van der Waals surface area contributed by atoms with Crippen LogP contribution in [0.15, 0.2) is 4.52 Å². The van der Waals surface area contributed by atoms with E-state index in [-0.39, 0.29) is 24.3 Å². The lowest BCUT2D eigenvalue weighted by molar-refractivity contribution is -0.139. The Balaban J connectivity index is 2.01. The molecule has 146 valence electrons. The van der Waals surface area contributed by atoms with E-state index in [1.54, 1.807) is 4.90 Å². The Kier molecular flexibility index (Phi) is 7.14. The smallest absolute Gasteiger partial charge is 0.237 e. The number of nitrogens with one attached hydrogen (secondary N) is 1. The molecular formula is C18H31N5O3. The average Bonchev–Trinajstić information content (AvgIpc) is 3.00. The highest BCUT2D eigenvalue weighted by molar-refractivity contribution is 5.88. The maximum Gasteiger partial charge on any atom is 0.237 e. The van der Waals surface area contributed by atoms with Gasteiger partial charge in [-0.2, -0.15) is 4.98 Å². The molecule has 1 N–H and O–H groups in total. The van der Waals surface area contributed by atoms with Crippen molar-refractivity contribution >= 4 is 11.8 Å². The number of hydrogen-bond donors (Lipinski definition) is 1. The molecule has 2 rings (SSSR count). The Morgan fingerprint density at radius 3 is 2.73 bits per heavy atom. The van der Waals surface area contributed by atoms with E-state index < -0.39 is 6.04 Å². The molecule has 8 heteroatoms.